The fourth-order valence-electron chi connectivity index (χ4n) is 4.70. The Hall–Kier alpha value is -3.95. The molecule has 0 aliphatic carbocycles. The van der Waals surface area contributed by atoms with Crippen LogP contribution in [0.15, 0.2) is 24.3 Å². The molecule has 3 rings (SSSR count). The average Bonchev–Trinajstić information content (AvgIpc) is 2.94. The molecule has 13 heteroatoms. The first kappa shape index (κ1) is 33.3. The van der Waals surface area contributed by atoms with Crippen molar-refractivity contribution in [3.63, 3.8) is 0 Å². The predicted molar refractivity (Wildman–Crippen MR) is 155 cm³/mol. The molecule has 0 spiro atoms. The Bertz CT molecular complexity index is 1140. The summed E-state index contributed by atoms with van der Waals surface area (Å²) in [7, 11) is 3.25. The number of nitrogens with zero attached hydrogens (tertiary/aromatic N) is 3. The van der Waals surface area contributed by atoms with Crippen LogP contribution in [0.2, 0.25) is 5.02 Å². The number of ether oxygens (including phenoxy) is 1. The van der Waals surface area contributed by atoms with E-state index in [1.54, 1.807) is 24.1 Å². The summed E-state index contributed by atoms with van der Waals surface area (Å²) in [5.74, 6) is 0.806. The lowest BCUT2D eigenvalue weighted by atomic mass is 9.94. The van der Waals surface area contributed by atoms with Gasteiger partial charge in [0.1, 0.15) is 5.75 Å². The molecule has 41 heavy (non-hydrogen) atoms. The molecule has 2 fully saturated rings. The van der Waals surface area contributed by atoms with E-state index in [-0.39, 0.29) is 18.0 Å². The molecular weight excluding hydrogens is 554 g/mol. The third-order valence-electron chi connectivity index (χ3n) is 6.91. The van der Waals surface area contributed by atoms with Crippen molar-refractivity contribution in [3.8, 4) is 18.1 Å². The van der Waals surface area contributed by atoms with E-state index in [0.717, 1.165) is 58.4 Å². The van der Waals surface area contributed by atoms with Crippen molar-refractivity contribution in [1.29, 1.82) is 0 Å². The molecule has 5 N–H and O–H groups in total. The number of hydrogen-bond acceptors (Lipinski definition) is 7. The van der Waals surface area contributed by atoms with Crippen molar-refractivity contribution in [3.05, 3.63) is 34.9 Å². The third kappa shape index (κ3) is 10.9. The number of carbonyl (C=O) groups excluding carboxylic acids is 2. The highest BCUT2D eigenvalue weighted by atomic mass is 35.5. The van der Waals surface area contributed by atoms with Gasteiger partial charge in [0.15, 0.2) is 0 Å². The van der Waals surface area contributed by atoms with Crippen LogP contribution in [0.4, 0.5) is 10.5 Å². The number of benzene rings is 1. The largest absolute Gasteiger partial charge is 0.496 e. The quantitative estimate of drug-likeness (QED) is 0.201. The van der Waals surface area contributed by atoms with E-state index in [0.29, 0.717) is 46.6 Å². The lowest BCUT2D eigenvalue weighted by Gasteiger charge is -2.38. The van der Waals surface area contributed by atoms with Gasteiger partial charge in [0, 0.05) is 64.0 Å². The third-order valence-corrected chi connectivity index (χ3v) is 7.24. The summed E-state index contributed by atoms with van der Waals surface area (Å²) in [6.45, 7) is 4.80. The van der Waals surface area contributed by atoms with Crippen LogP contribution in [-0.4, -0.2) is 108 Å². The zero-order valence-electron chi connectivity index (χ0n) is 23.3. The number of piperidine rings is 2. The molecule has 0 atom stereocenters. The molecule has 0 aromatic heterocycles. The van der Waals surface area contributed by atoms with Crippen molar-refractivity contribution in [2.24, 2.45) is 5.92 Å². The number of carboxylic acid groups (broad SMARTS) is 2. The van der Waals surface area contributed by atoms with Gasteiger partial charge in [-0.3, -0.25) is 4.79 Å². The van der Waals surface area contributed by atoms with Gasteiger partial charge in [-0.05, 0) is 37.7 Å². The fourth-order valence-corrected chi connectivity index (χ4v) is 4.86. The number of methoxy groups -OCH3 is 1. The predicted octanol–water partition coefficient (Wildman–Crippen LogP) is 2.23. The molecule has 1 aromatic carbocycles. The Morgan fingerprint density at radius 3 is 2.22 bits per heavy atom. The first-order valence-corrected chi connectivity index (χ1v) is 13.6. The monoisotopic (exact) mass is 591 g/mol. The van der Waals surface area contributed by atoms with Crippen LogP contribution in [0, 0.1) is 18.3 Å². The van der Waals surface area contributed by atoms with Crippen LogP contribution in [0.5, 0.6) is 5.75 Å². The zero-order chi connectivity index (χ0) is 30.5. The summed E-state index contributed by atoms with van der Waals surface area (Å²) in [6.07, 6.45) is 10.2. The molecule has 2 saturated heterocycles. The van der Waals surface area contributed by atoms with Crippen LogP contribution in [-0.2, 0) is 9.59 Å². The number of nitrogens with one attached hydrogen (secondary N) is 1. The van der Waals surface area contributed by atoms with Crippen molar-refractivity contribution in [1.82, 2.24) is 20.0 Å². The van der Waals surface area contributed by atoms with E-state index in [1.165, 1.54) is 7.11 Å². The van der Waals surface area contributed by atoms with Crippen LogP contribution in [0.25, 0.3) is 0 Å². The second-order valence-electron chi connectivity index (χ2n) is 9.91. The van der Waals surface area contributed by atoms with E-state index < -0.39 is 11.9 Å². The maximum Gasteiger partial charge on any atom is 0.328 e. The summed E-state index contributed by atoms with van der Waals surface area (Å²) in [5.41, 5.74) is 6.59. The molecule has 2 aliphatic heterocycles. The van der Waals surface area contributed by atoms with Gasteiger partial charge in [-0.2, -0.15) is 0 Å². The molecule has 3 amide bonds. The SMILES string of the molecule is C#CCN(C)C(=O)N1CCC(CN2CCC(NC(=O)c3cc(Cl)c(N)cc3OC)CC2)CC1.O=C(O)/C=C/C(=O)O. The van der Waals surface area contributed by atoms with Gasteiger partial charge < -0.3 is 40.7 Å². The number of urea groups is 1. The topological polar surface area (TPSA) is 166 Å². The van der Waals surface area contributed by atoms with Gasteiger partial charge in [-0.15, -0.1) is 6.42 Å². The molecule has 2 heterocycles. The van der Waals surface area contributed by atoms with Crippen molar-refractivity contribution < 1.29 is 34.1 Å². The van der Waals surface area contributed by atoms with Gasteiger partial charge in [0.05, 0.1) is 29.9 Å². The number of rotatable bonds is 8. The standard InChI is InChI=1S/C24H34ClN5O3.C4H4O4/c1-4-9-28(2)24(32)30-12-5-17(6-13-30)16-29-10-7-18(8-11-29)27-23(31)19-14-20(25)21(26)15-22(19)33-3;5-3(6)1-2-4(7)8/h1,14-15,17-18H,5-13,16,26H2,2-3H3,(H,27,31);1-2H,(H,5,6)(H,7,8)/b;2-1+. The lowest BCUT2D eigenvalue weighted by Crippen LogP contribution is -2.48. The normalized spacial score (nSPS) is 16.3. The molecule has 12 nitrogen and oxygen atoms in total. The molecule has 0 radical (unpaired) electrons. The van der Waals surface area contributed by atoms with Crippen LogP contribution >= 0.6 is 11.6 Å². The summed E-state index contributed by atoms with van der Waals surface area (Å²) >= 11 is 6.10. The van der Waals surface area contributed by atoms with E-state index in [4.69, 9.17) is 38.7 Å². The number of likely N-dealkylation sites (tertiary alicyclic amines) is 2. The maximum absolute atomic E-state index is 12.8. The van der Waals surface area contributed by atoms with Gasteiger partial charge in [-0.1, -0.05) is 17.5 Å². The van der Waals surface area contributed by atoms with E-state index in [2.05, 4.69) is 16.1 Å². The Morgan fingerprint density at radius 1 is 1.12 bits per heavy atom. The molecule has 224 valence electrons. The molecule has 0 saturated carbocycles. The number of hydrogen-bond donors (Lipinski definition) is 4. The number of nitrogen functional groups attached to an aromatic ring is 1. The maximum atomic E-state index is 12.8. The van der Waals surface area contributed by atoms with Crippen LogP contribution in [0.1, 0.15) is 36.0 Å². The summed E-state index contributed by atoms with van der Waals surface area (Å²) in [6, 6.07) is 3.26. The molecule has 0 unspecified atom stereocenters. The second kappa shape index (κ2) is 16.3. The highest BCUT2D eigenvalue weighted by Gasteiger charge is 2.28. The minimum atomic E-state index is -1.26. The molecule has 2 aliphatic rings. The molecule has 0 bridgehead atoms. The van der Waals surface area contributed by atoms with Gasteiger partial charge >= 0.3 is 18.0 Å². The number of carbonyl (C=O) groups is 4. The number of carboxylic acids is 2. The van der Waals surface area contributed by atoms with E-state index in [9.17, 15) is 19.2 Å². The Balaban J connectivity index is 0.000000642. The second-order valence-corrected chi connectivity index (χ2v) is 10.3. The Morgan fingerprint density at radius 2 is 1.71 bits per heavy atom. The van der Waals surface area contributed by atoms with Crippen molar-refractivity contribution in [2.75, 3.05) is 59.2 Å². The highest BCUT2D eigenvalue weighted by molar-refractivity contribution is 6.33. The minimum absolute atomic E-state index is 0.0157. The molecular formula is C28H38ClN5O7. The van der Waals surface area contributed by atoms with Crippen molar-refractivity contribution in [2.45, 2.75) is 31.7 Å². The first-order chi connectivity index (χ1) is 19.4. The van der Waals surface area contributed by atoms with E-state index >= 15 is 0 Å². The number of aliphatic carboxylic acids is 2. The Labute approximate surface area is 245 Å². The number of amides is 3. The highest BCUT2D eigenvalue weighted by Crippen LogP contribution is 2.29. The minimum Gasteiger partial charge on any atom is -0.496 e. The zero-order valence-corrected chi connectivity index (χ0v) is 24.1. The summed E-state index contributed by atoms with van der Waals surface area (Å²) in [5, 5.41) is 19.1. The first-order valence-electron chi connectivity index (χ1n) is 13.2. The van der Waals surface area contributed by atoms with Gasteiger partial charge in [0.25, 0.3) is 5.91 Å². The lowest BCUT2D eigenvalue weighted by molar-refractivity contribution is -0.134. The van der Waals surface area contributed by atoms with Crippen LogP contribution in [0.3, 0.4) is 0 Å². The molecule has 1 aromatic rings. The number of anilines is 1. The fraction of sp³-hybridized carbons (Fsp3) is 0.500. The van der Waals surface area contributed by atoms with E-state index in [1.807, 2.05) is 4.90 Å². The number of halogens is 1. The number of nitrogens with two attached hydrogens (primary N) is 1. The van der Waals surface area contributed by atoms with Gasteiger partial charge in [0.2, 0.25) is 0 Å². The Kier molecular flexibility index (Phi) is 13.3. The average molecular weight is 592 g/mol. The van der Waals surface area contributed by atoms with Crippen molar-refractivity contribution >= 4 is 41.2 Å². The summed E-state index contributed by atoms with van der Waals surface area (Å²) in [4.78, 5) is 50.2. The smallest absolute Gasteiger partial charge is 0.328 e. The van der Waals surface area contributed by atoms with Crippen LogP contribution < -0.4 is 15.8 Å². The van der Waals surface area contributed by atoms with Gasteiger partial charge in [-0.25, -0.2) is 14.4 Å². The number of terminal acetylenes is 1. The summed E-state index contributed by atoms with van der Waals surface area (Å²) < 4.78 is 5.30.